The number of hydrogen-bond donors (Lipinski definition) is 1. The lowest BCUT2D eigenvalue weighted by atomic mass is 10.1. The van der Waals surface area contributed by atoms with Crippen LogP contribution >= 0.6 is 11.6 Å². The molecule has 0 aliphatic rings. The molecule has 1 aromatic heterocycles. The monoisotopic (exact) mass is 277 g/mol. The van der Waals surface area contributed by atoms with Gasteiger partial charge in [-0.15, -0.1) is 0 Å². The molecule has 19 heavy (non-hydrogen) atoms. The van der Waals surface area contributed by atoms with Crippen LogP contribution in [0.1, 0.15) is 5.56 Å². The molecule has 0 aliphatic carbocycles. The van der Waals surface area contributed by atoms with Crippen molar-refractivity contribution >= 4 is 17.7 Å². The summed E-state index contributed by atoms with van der Waals surface area (Å²) in [7, 11) is 1.38. The van der Waals surface area contributed by atoms with Gasteiger partial charge in [-0.1, -0.05) is 23.7 Å². The molecule has 5 nitrogen and oxygen atoms in total. The minimum Gasteiger partial charge on any atom is -0.268 e. The van der Waals surface area contributed by atoms with Crippen molar-refractivity contribution in [2.75, 3.05) is 7.05 Å². The van der Waals surface area contributed by atoms with Crippen LogP contribution in [-0.4, -0.2) is 23.3 Å². The molecular weight excluding hydrogens is 266 g/mol. The van der Waals surface area contributed by atoms with Crippen LogP contribution in [0.3, 0.4) is 0 Å². The first-order valence-electron chi connectivity index (χ1n) is 5.36. The van der Waals surface area contributed by atoms with Crippen molar-refractivity contribution in [2.45, 2.75) is 6.92 Å². The number of aliphatic imine (C=N–C) groups is 1. The number of carbonyl (C=O) groups excluding carboxylic acids is 1. The van der Waals surface area contributed by atoms with Gasteiger partial charge in [-0.05, 0) is 24.6 Å². The molecular formula is C13H12ClN3O2. The lowest BCUT2D eigenvalue weighted by molar-refractivity contribution is 0.564. The number of rotatable bonds is 1. The zero-order chi connectivity index (χ0) is 14.3. The first kappa shape index (κ1) is 14.8. The average molecular weight is 278 g/mol. The molecule has 2 aromatic rings. The zero-order valence-electron chi connectivity index (χ0n) is 10.5. The molecule has 0 bridgehead atoms. The number of aromatic nitrogens is 2. The van der Waals surface area contributed by atoms with Crippen molar-refractivity contribution in [1.29, 1.82) is 0 Å². The number of nitrogens with zero attached hydrogens (tertiary/aromatic N) is 2. The van der Waals surface area contributed by atoms with Gasteiger partial charge in [-0.3, -0.25) is 4.79 Å². The van der Waals surface area contributed by atoms with Gasteiger partial charge < -0.3 is 0 Å². The second kappa shape index (κ2) is 7.26. The van der Waals surface area contributed by atoms with Gasteiger partial charge in [-0.2, -0.15) is 5.10 Å². The van der Waals surface area contributed by atoms with E-state index in [0.29, 0.717) is 10.7 Å². The van der Waals surface area contributed by atoms with Gasteiger partial charge in [0, 0.05) is 23.7 Å². The van der Waals surface area contributed by atoms with Crippen LogP contribution in [0, 0.1) is 6.92 Å². The Hall–Kier alpha value is -2.23. The summed E-state index contributed by atoms with van der Waals surface area (Å²) in [6.07, 6.45) is 1.31. The maximum Gasteiger partial charge on any atom is 0.264 e. The molecule has 6 heteroatoms. The topological polar surface area (TPSA) is 75.2 Å². The van der Waals surface area contributed by atoms with Gasteiger partial charge in [-0.25, -0.2) is 14.9 Å². The highest BCUT2D eigenvalue weighted by Gasteiger charge is 2.01. The maximum absolute atomic E-state index is 10.8. The number of halogens is 1. The summed E-state index contributed by atoms with van der Waals surface area (Å²) < 4.78 is 0. The summed E-state index contributed by atoms with van der Waals surface area (Å²) >= 11 is 6.00. The fourth-order valence-electron chi connectivity index (χ4n) is 1.26. The van der Waals surface area contributed by atoms with Crippen molar-refractivity contribution in [3.8, 4) is 11.3 Å². The van der Waals surface area contributed by atoms with E-state index >= 15 is 0 Å². The molecule has 0 spiro atoms. The Balaban J connectivity index is 0.000000399. The number of isocyanates is 1. The Kier molecular flexibility index (Phi) is 5.67. The number of H-pyrrole nitrogens is 1. The lowest BCUT2D eigenvalue weighted by Crippen LogP contribution is -2.05. The fraction of sp³-hybridized carbons (Fsp3) is 0.154. The molecule has 0 atom stereocenters. The van der Waals surface area contributed by atoms with Crippen LogP contribution in [0.15, 0.2) is 40.1 Å². The number of nitrogens with one attached hydrogen (secondary N) is 1. The third kappa shape index (κ3) is 4.50. The van der Waals surface area contributed by atoms with Crippen LogP contribution in [-0.2, 0) is 4.79 Å². The van der Waals surface area contributed by atoms with Crippen molar-refractivity contribution < 1.29 is 4.79 Å². The van der Waals surface area contributed by atoms with Crippen LogP contribution in [0.4, 0.5) is 0 Å². The minimum absolute atomic E-state index is 0.211. The first-order valence-corrected chi connectivity index (χ1v) is 5.74. The summed E-state index contributed by atoms with van der Waals surface area (Å²) in [5.41, 5.74) is 2.40. The molecule has 0 radical (unpaired) electrons. The molecule has 1 N–H and O–H groups in total. The predicted octanol–water partition coefficient (Wildman–Crippen LogP) is 2.35. The van der Waals surface area contributed by atoms with Crippen LogP contribution < -0.4 is 5.56 Å². The second-order valence-corrected chi connectivity index (χ2v) is 3.99. The van der Waals surface area contributed by atoms with E-state index in [4.69, 9.17) is 16.4 Å². The Morgan fingerprint density at radius 2 is 2.00 bits per heavy atom. The standard InChI is InChI=1S/C11H9ClN2O.C2H3NO/c1-7-2-3-8(6-9(7)12)10-4-5-11(15)14-13-10;1-3-2-4/h2-6H,1H3,(H,14,15);1H3. The first-order chi connectivity index (χ1) is 9.08. The molecule has 0 saturated carbocycles. The summed E-state index contributed by atoms with van der Waals surface area (Å²) in [6.45, 7) is 1.94. The van der Waals surface area contributed by atoms with E-state index in [1.165, 1.54) is 19.2 Å². The Bertz CT molecular complexity index is 641. The third-order valence-corrected chi connectivity index (χ3v) is 2.65. The predicted molar refractivity (Wildman–Crippen MR) is 74.1 cm³/mol. The van der Waals surface area contributed by atoms with Crippen LogP contribution in [0.25, 0.3) is 11.3 Å². The van der Waals surface area contributed by atoms with E-state index in [1.54, 1.807) is 6.07 Å². The zero-order valence-corrected chi connectivity index (χ0v) is 11.2. The largest absolute Gasteiger partial charge is 0.268 e. The molecule has 0 fully saturated rings. The Labute approximate surface area is 115 Å². The minimum atomic E-state index is -0.211. The summed E-state index contributed by atoms with van der Waals surface area (Å²) in [5, 5.41) is 7.00. The highest BCUT2D eigenvalue weighted by Crippen LogP contribution is 2.22. The molecule has 2 rings (SSSR count). The quantitative estimate of drug-likeness (QED) is 0.642. The lowest BCUT2D eigenvalue weighted by Gasteiger charge is -2.02. The van der Waals surface area contributed by atoms with E-state index in [-0.39, 0.29) is 5.56 Å². The van der Waals surface area contributed by atoms with Gasteiger partial charge in [0.15, 0.2) is 0 Å². The normalized spacial score (nSPS) is 9.00. The molecule has 98 valence electrons. The number of hydrogen-bond acceptors (Lipinski definition) is 4. The van der Waals surface area contributed by atoms with Gasteiger partial charge in [0.25, 0.3) is 5.56 Å². The number of benzene rings is 1. The average Bonchev–Trinajstić information content (AvgIpc) is 2.43. The van der Waals surface area contributed by atoms with E-state index in [2.05, 4.69) is 15.2 Å². The third-order valence-electron chi connectivity index (χ3n) is 2.24. The van der Waals surface area contributed by atoms with Crippen molar-refractivity contribution in [3.63, 3.8) is 0 Å². The summed E-state index contributed by atoms with van der Waals surface area (Å²) in [4.78, 5) is 22.6. The smallest absolute Gasteiger partial charge is 0.264 e. The Morgan fingerprint density at radius 1 is 1.32 bits per heavy atom. The van der Waals surface area contributed by atoms with Gasteiger partial charge in [0.05, 0.1) is 5.69 Å². The van der Waals surface area contributed by atoms with E-state index in [9.17, 15) is 4.79 Å². The van der Waals surface area contributed by atoms with E-state index in [1.807, 2.05) is 25.1 Å². The SMILES string of the molecule is CN=C=O.Cc1ccc(-c2ccc(=O)[nH]n2)cc1Cl. The highest BCUT2D eigenvalue weighted by molar-refractivity contribution is 6.31. The highest BCUT2D eigenvalue weighted by atomic mass is 35.5. The fourth-order valence-corrected chi connectivity index (χ4v) is 1.44. The van der Waals surface area contributed by atoms with Gasteiger partial charge in [0.2, 0.25) is 6.08 Å². The second-order valence-electron chi connectivity index (χ2n) is 3.59. The molecule has 1 heterocycles. The van der Waals surface area contributed by atoms with Crippen LogP contribution in [0.5, 0.6) is 0 Å². The molecule has 0 aliphatic heterocycles. The Morgan fingerprint density at radius 3 is 2.47 bits per heavy atom. The van der Waals surface area contributed by atoms with E-state index in [0.717, 1.165) is 11.1 Å². The summed E-state index contributed by atoms with van der Waals surface area (Å²) in [5.74, 6) is 0. The number of aryl methyl sites for hydroxylation is 1. The molecule has 1 aromatic carbocycles. The number of aromatic amines is 1. The van der Waals surface area contributed by atoms with Crippen molar-refractivity contribution in [3.05, 3.63) is 51.3 Å². The molecule has 0 saturated heterocycles. The van der Waals surface area contributed by atoms with Gasteiger partial charge in [0.1, 0.15) is 0 Å². The summed E-state index contributed by atoms with van der Waals surface area (Å²) in [6, 6.07) is 8.78. The molecule has 0 amide bonds. The van der Waals surface area contributed by atoms with Gasteiger partial charge >= 0.3 is 0 Å². The van der Waals surface area contributed by atoms with Crippen LogP contribution in [0.2, 0.25) is 5.02 Å². The van der Waals surface area contributed by atoms with E-state index < -0.39 is 0 Å². The van der Waals surface area contributed by atoms with Crippen molar-refractivity contribution in [1.82, 2.24) is 10.2 Å². The molecule has 0 unspecified atom stereocenters. The maximum atomic E-state index is 10.8. The van der Waals surface area contributed by atoms with Crippen molar-refractivity contribution in [2.24, 2.45) is 4.99 Å².